The van der Waals surface area contributed by atoms with Crippen LogP contribution in [0.5, 0.6) is 0 Å². The molecule has 18 heavy (non-hydrogen) atoms. The first kappa shape index (κ1) is 12.4. The number of carbonyl (C=O) groups is 1. The summed E-state index contributed by atoms with van der Waals surface area (Å²) in [5.41, 5.74) is 1.11. The van der Waals surface area contributed by atoms with Crippen LogP contribution in [0.4, 0.5) is 5.82 Å². The van der Waals surface area contributed by atoms with Crippen LogP contribution in [0.1, 0.15) is 15.9 Å². The number of carboxylic acids is 1. The van der Waals surface area contributed by atoms with E-state index in [1.54, 1.807) is 18.3 Å². The van der Waals surface area contributed by atoms with Gasteiger partial charge in [-0.05, 0) is 29.8 Å². The first-order valence-electron chi connectivity index (χ1n) is 5.33. The largest absolute Gasteiger partial charge is 0.478 e. The van der Waals surface area contributed by atoms with Crippen molar-refractivity contribution in [1.82, 2.24) is 4.98 Å². The lowest BCUT2D eigenvalue weighted by atomic mass is 10.2. The minimum atomic E-state index is -1.00. The molecule has 0 atom stereocenters. The molecule has 0 unspecified atom stereocenters. The molecule has 0 aliphatic rings. The highest BCUT2D eigenvalue weighted by Crippen LogP contribution is 2.15. The fourth-order valence-corrected chi connectivity index (χ4v) is 1.76. The highest BCUT2D eigenvalue weighted by atomic mass is 35.5. The van der Waals surface area contributed by atoms with Crippen molar-refractivity contribution in [3.05, 3.63) is 58.7 Å². The zero-order valence-corrected chi connectivity index (χ0v) is 10.2. The molecule has 2 aromatic rings. The Morgan fingerprint density at radius 2 is 2.17 bits per heavy atom. The Hall–Kier alpha value is -2.07. The van der Waals surface area contributed by atoms with E-state index in [4.69, 9.17) is 16.7 Å². The zero-order chi connectivity index (χ0) is 13.0. The van der Waals surface area contributed by atoms with Crippen molar-refractivity contribution in [3.63, 3.8) is 0 Å². The maximum atomic E-state index is 11.0. The molecule has 0 saturated carbocycles. The molecule has 0 fully saturated rings. The van der Waals surface area contributed by atoms with Gasteiger partial charge in [-0.1, -0.05) is 23.7 Å². The van der Waals surface area contributed by atoms with Gasteiger partial charge in [0.15, 0.2) is 0 Å². The van der Waals surface area contributed by atoms with Crippen LogP contribution in [0.15, 0.2) is 42.6 Å². The topological polar surface area (TPSA) is 62.2 Å². The van der Waals surface area contributed by atoms with Crippen molar-refractivity contribution in [3.8, 4) is 0 Å². The smallest absolute Gasteiger partial charge is 0.339 e. The lowest BCUT2D eigenvalue weighted by Crippen LogP contribution is -2.07. The standard InChI is InChI=1S/C13H11ClN2O2/c14-10-4-1-3-9(7-10)8-16-12-11(13(17)18)5-2-6-15-12/h1-7H,8H2,(H,15,16)(H,17,18). The first-order valence-corrected chi connectivity index (χ1v) is 5.71. The number of nitrogens with one attached hydrogen (secondary N) is 1. The third-order valence-corrected chi connectivity index (χ3v) is 2.62. The monoisotopic (exact) mass is 262 g/mol. The van der Waals surface area contributed by atoms with Crippen LogP contribution in [0, 0.1) is 0 Å². The van der Waals surface area contributed by atoms with Crippen molar-refractivity contribution >= 4 is 23.4 Å². The maximum absolute atomic E-state index is 11.0. The van der Waals surface area contributed by atoms with Crippen molar-refractivity contribution < 1.29 is 9.90 Å². The van der Waals surface area contributed by atoms with Gasteiger partial charge in [-0.25, -0.2) is 9.78 Å². The fraction of sp³-hybridized carbons (Fsp3) is 0.0769. The summed E-state index contributed by atoms with van der Waals surface area (Å²) >= 11 is 5.87. The summed E-state index contributed by atoms with van der Waals surface area (Å²) in [6.07, 6.45) is 1.55. The highest BCUT2D eigenvalue weighted by molar-refractivity contribution is 6.30. The molecule has 2 N–H and O–H groups in total. The average Bonchev–Trinajstić information content (AvgIpc) is 2.37. The van der Waals surface area contributed by atoms with Crippen LogP contribution in [-0.4, -0.2) is 16.1 Å². The number of hydrogen-bond donors (Lipinski definition) is 2. The molecule has 0 radical (unpaired) electrons. The number of rotatable bonds is 4. The number of carboxylic acid groups (broad SMARTS) is 1. The Balaban J connectivity index is 2.13. The second kappa shape index (κ2) is 5.51. The summed E-state index contributed by atoms with van der Waals surface area (Å²) in [6, 6.07) is 10.5. The number of pyridine rings is 1. The van der Waals surface area contributed by atoms with Gasteiger partial charge in [0, 0.05) is 17.8 Å². The first-order chi connectivity index (χ1) is 8.66. The fourth-order valence-electron chi connectivity index (χ4n) is 1.55. The molecule has 0 saturated heterocycles. The Kier molecular flexibility index (Phi) is 3.79. The predicted molar refractivity (Wildman–Crippen MR) is 70.0 cm³/mol. The summed E-state index contributed by atoms with van der Waals surface area (Å²) in [7, 11) is 0. The number of aromatic carboxylic acids is 1. The van der Waals surface area contributed by atoms with E-state index in [1.165, 1.54) is 6.07 Å². The van der Waals surface area contributed by atoms with Crippen LogP contribution in [0.25, 0.3) is 0 Å². The molecule has 0 aliphatic heterocycles. The number of benzene rings is 1. The van der Waals surface area contributed by atoms with Crippen LogP contribution in [0.3, 0.4) is 0 Å². The lowest BCUT2D eigenvalue weighted by molar-refractivity contribution is 0.0697. The molecule has 92 valence electrons. The third-order valence-electron chi connectivity index (χ3n) is 2.39. The van der Waals surface area contributed by atoms with Gasteiger partial charge < -0.3 is 10.4 Å². The van der Waals surface area contributed by atoms with E-state index < -0.39 is 5.97 Å². The molecule has 0 spiro atoms. The van der Waals surface area contributed by atoms with Gasteiger partial charge in [0.2, 0.25) is 0 Å². The van der Waals surface area contributed by atoms with Gasteiger partial charge in [0.05, 0.1) is 0 Å². The zero-order valence-electron chi connectivity index (χ0n) is 9.43. The van der Waals surface area contributed by atoms with Gasteiger partial charge in [-0.2, -0.15) is 0 Å². The predicted octanol–water partition coefficient (Wildman–Crippen LogP) is 3.05. The van der Waals surface area contributed by atoms with Crippen molar-refractivity contribution in [1.29, 1.82) is 0 Å². The summed E-state index contributed by atoms with van der Waals surface area (Å²) in [4.78, 5) is 15.0. The highest BCUT2D eigenvalue weighted by Gasteiger charge is 2.09. The number of nitrogens with zero attached hydrogens (tertiary/aromatic N) is 1. The number of aromatic nitrogens is 1. The maximum Gasteiger partial charge on any atom is 0.339 e. The van der Waals surface area contributed by atoms with E-state index in [-0.39, 0.29) is 5.56 Å². The van der Waals surface area contributed by atoms with E-state index in [9.17, 15) is 4.79 Å². The molecular weight excluding hydrogens is 252 g/mol. The molecule has 1 aromatic heterocycles. The van der Waals surface area contributed by atoms with Crippen LogP contribution >= 0.6 is 11.6 Å². The number of halogens is 1. The lowest BCUT2D eigenvalue weighted by Gasteiger charge is -2.08. The molecule has 2 rings (SSSR count). The Morgan fingerprint density at radius 3 is 2.89 bits per heavy atom. The normalized spacial score (nSPS) is 10.1. The van der Waals surface area contributed by atoms with Crippen molar-refractivity contribution in [2.24, 2.45) is 0 Å². The molecule has 1 aromatic carbocycles. The number of anilines is 1. The summed E-state index contributed by atoms with van der Waals surface area (Å²) < 4.78 is 0. The minimum Gasteiger partial charge on any atom is -0.478 e. The molecule has 0 aliphatic carbocycles. The van der Waals surface area contributed by atoms with Crippen LogP contribution in [0.2, 0.25) is 5.02 Å². The van der Waals surface area contributed by atoms with Gasteiger partial charge in [-0.15, -0.1) is 0 Å². The van der Waals surface area contributed by atoms with E-state index in [2.05, 4.69) is 10.3 Å². The van der Waals surface area contributed by atoms with E-state index in [1.807, 2.05) is 18.2 Å². The summed E-state index contributed by atoms with van der Waals surface area (Å²) in [5, 5.41) is 12.6. The van der Waals surface area contributed by atoms with Crippen molar-refractivity contribution in [2.75, 3.05) is 5.32 Å². The SMILES string of the molecule is O=C(O)c1cccnc1NCc1cccc(Cl)c1. The van der Waals surface area contributed by atoms with Gasteiger partial charge >= 0.3 is 5.97 Å². The molecule has 1 heterocycles. The van der Waals surface area contributed by atoms with Gasteiger partial charge in [0.25, 0.3) is 0 Å². The molecule has 0 amide bonds. The Labute approximate surface area is 109 Å². The molecule has 5 heteroatoms. The third kappa shape index (κ3) is 2.99. The Bertz CT molecular complexity index is 572. The number of hydrogen-bond acceptors (Lipinski definition) is 3. The van der Waals surface area contributed by atoms with E-state index in [0.29, 0.717) is 17.4 Å². The molecule has 4 nitrogen and oxygen atoms in total. The van der Waals surface area contributed by atoms with Crippen LogP contribution in [-0.2, 0) is 6.54 Å². The van der Waals surface area contributed by atoms with Gasteiger partial charge in [0.1, 0.15) is 11.4 Å². The van der Waals surface area contributed by atoms with Crippen LogP contribution < -0.4 is 5.32 Å². The average molecular weight is 263 g/mol. The second-order valence-electron chi connectivity index (χ2n) is 3.69. The minimum absolute atomic E-state index is 0.152. The van der Waals surface area contributed by atoms with E-state index >= 15 is 0 Å². The second-order valence-corrected chi connectivity index (χ2v) is 4.12. The van der Waals surface area contributed by atoms with Gasteiger partial charge in [-0.3, -0.25) is 0 Å². The summed E-state index contributed by atoms with van der Waals surface area (Å²) in [5.74, 6) is -0.651. The summed E-state index contributed by atoms with van der Waals surface area (Å²) in [6.45, 7) is 0.470. The quantitative estimate of drug-likeness (QED) is 0.889. The van der Waals surface area contributed by atoms with Crippen molar-refractivity contribution in [2.45, 2.75) is 6.54 Å². The Morgan fingerprint density at radius 1 is 1.33 bits per heavy atom. The molecular formula is C13H11ClN2O2. The molecule has 0 bridgehead atoms. The van der Waals surface area contributed by atoms with E-state index in [0.717, 1.165) is 5.56 Å².